The van der Waals surface area contributed by atoms with Crippen molar-refractivity contribution in [2.75, 3.05) is 10.2 Å². The molecule has 0 unspecified atom stereocenters. The van der Waals surface area contributed by atoms with Gasteiger partial charge in [0.25, 0.3) is 5.56 Å². The van der Waals surface area contributed by atoms with Crippen LogP contribution in [0.5, 0.6) is 0 Å². The van der Waals surface area contributed by atoms with Gasteiger partial charge in [0.15, 0.2) is 5.82 Å². The number of hydrogen-bond donors (Lipinski definition) is 2. The van der Waals surface area contributed by atoms with Crippen LogP contribution in [0.15, 0.2) is 69.9 Å². The Morgan fingerprint density at radius 3 is 2.44 bits per heavy atom. The third kappa shape index (κ3) is 6.46. The molecule has 1 aliphatic carbocycles. The molecule has 0 saturated heterocycles. The number of fused-ring (bicyclic) bond motifs is 1. The van der Waals surface area contributed by atoms with Crippen molar-refractivity contribution in [1.29, 1.82) is 0 Å². The number of allylic oxidation sites excluding steroid dienone is 4. The van der Waals surface area contributed by atoms with Crippen LogP contribution < -0.4 is 15.8 Å². The number of carbonyl (C=O) groups is 1. The van der Waals surface area contributed by atoms with Crippen molar-refractivity contribution in [3.63, 3.8) is 0 Å². The van der Waals surface area contributed by atoms with Gasteiger partial charge in [-0.25, -0.2) is 4.39 Å². The van der Waals surface area contributed by atoms with E-state index in [1.54, 1.807) is 0 Å². The van der Waals surface area contributed by atoms with E-state index < -0.39 is 16.8 Å². The number of benzene rings is 1. The van der Waals surface area contributed by atoms with Gasteiger partial charge < -0.3 is 15.2 Å². The van der Waals surface area contributed by atoms with Crippen LogP contribution >= 0.6 is 0 Å². The number of aromatic nitrogens is 1. The predicted octanol–water partition coefficient (Wildman–Crippen LogP) is 8.67. The van der Waals surface area contributed by atoms with Crippen molar-refractivity contribution in [3.8, 4) is 0 Å². The molecule has 6 nitrogen and oxygen atoms in total. The van der Waals surface area contributed by atoms with Crippen molar-refractivity contribution in [3.05, 3.63) is 87.4 Å². The molecule has 0 spiro atoms. The first-order valence-corrected chi connectivity index (χ1v) is 15.8. The first kappa shape index (κ1) is 32.2. The second kappa shape index (κ2) is 13.7. The van der Waals surface area contributed by atoms with E-state index >= 15 is 0 Å². The number of hydrogen-bond acceptors (Lipinski definition) is 4. The van der Waals surface area contributed by atoms with Crippen LogP contribution in [0, 0.1) is 11.7 Å². The molecule has 2 aliphatic rings. The maximum Gasteiger partial charge on any atom is 0.250 e. The second-order valence-corrected chi connectivity index (χ2v) is 12.1. The minimum absolute atomic E-state index is 0.182. The molecule has 1 amide bonds. The summed E-state index contributed by atoms with van der Waals surface area (Å²) in [6.07, 6.45) is 12.8. The first-order chi connectivity index (χ1) is 20.6. The summed E-state index contributed by atoms with van der Waals surface area (Å²) in [6, 6.07) is 7.57. The molecule has 1 aromatic carbocycles. The lowest BCUT2D eigenvalue weighted by Gasteiger charge is -2.42. The van der Waals surface area contributed by atoms with E-state index in [1.165, 1.54) is 6.20 Å². The number of anilines is 2. The predicted molar refractivity (Wildman–Crippen MR) is 177 cm³/mol. The fourth-order valence-corrected chi connectivity index (χ4v) is 6.57. The Balaban J connectivity index is 1.73. The van der Waals surface area contributed by atoms with Crippen LogP contribution in [-0.4, -0.2) is 23.1 Å². The first-order valence-electron chi connectivity index (χ1n) is 15.8. The Kier molecular flexibility index (Phi) is 10.3. The smallest absolute Gasteiger partial charge is 0.250 e. The van der Waals surface area contributed by atoms with E-state index in [1.807, 2.05) is 33.1 Å². The molecule has 1 fully saturated rings. The van der Waals surface area contributed by atoms with Gasteiger partial charge in [0, 0.05) is 35.9 Å². The number of nitrogens with zero attached hydrogens (tertiary/aromatic N) is 2. The van der Waals surface area contributed by atoms with Gasteiger partial charge in [-0.2, -0.15) is 0 Å². The van der Waals surface area contributed by atoms with Crippen LogP contribution in [-0.2, 0) is 10.2 Å². The Morgan fingerprint density at radius 2 is 1.84 bits per heavy atom. The van der Waals surface area contributed by atoms with E-state index in [2.05, 4.69) is 60.7 Å². The lowest BCUT2D eigenvalue weighted by atomic mass is 9.73. The van der Waals surface area contributed by atoms with E-state index in [0.29, 0.717) is 17.3 Å². The molecule has 7 heteroatoms. The normalized spacial score (nSPS) is 20.2. The summed E-state index contributed by atoms with van der Waals surface area (Å²) in [7, 11) is 0. The minimum atomic E-state index is -0.626. The topological polar surface area (TPSA) is 77.6 Å². The Hall–Kier alpha value is -3.74. The van der Waals surface area contributed by atoms with Gasteiger partial charge in [-0.1, -0.05) is 65.7 Å². The zero-order valence-corrected chi connectivity index (χ0v) is 26.6. The van der Waals surface area contributed by atoms with Crippen LogP contribution in [0.1, 0.15) is 104 Å². The van der Waals surface area contributed by atoms with Gasteiger partial charge in [-0.15, -0.1) is 0 Å². The average Bonchev–Trinajstić information content (AvgIpc) is 3.18. The Labute approximate surface area is 255 Å². The van der Waals surface area contributed by atoms with Gasteiger partial charge in [0.05, 0.1) is 16.8 Å². The highest BCUT2D eigenvalue weighted by molar-refractivity contribution is 6.09. The zero-order valence-electron chi connectivity index (χ0n) is 26.6. The van der Waals surface area contributed by atoms with Crippen LogP contribution in [0.4, 0.5) is 15.8 Å². The summed E-state index contributed by atoms with van der Waals surface area (Å²) in [5, 5.41) is 3.06. The highest BCUT2D eigenvalue weighted by Crippen LogP contribution is 2.52. The van der Waals surface area contributed by atoms with Gasteiger partial charge in [0.2, 0.25) is 5.91 Å². The molecule has 1 aromatic heterocycles. The standard InChI is InChI=1S/C36H47FN4O2/c1-8-14-36(15-9-2)29-13-12-27(20-33(29)41(35(36)43)28-18-26(11-4)19-28)23(5)17-31(38-16-10-3)24(6)25(7)40-32-22-39-34(42)21-30(32)37/h12-13,16-17,20-22,26,28,40H,5,8-11,14-15,18-19H2,1-4,6-7H3,(H,39,42)/b25-24+,31-17+,38-16?. The highest BCUT2D eigenvalue weighted by Gasteiger charge is 2.52. The van der Waals surface area contributed by atoms with Crippen LogP contribution in [0.25, 0.3) is 5.57 Å². The van der Waals surface area contributed by atoms with Crippen molar-refractivity contribution in [1.82, 2.24) is 4.98 Å². The zero-order chi connectivity index (χ0) is 31.3. The lowest BCUT2D eigenvalue weighted by molar-refractivity contribution is -0.124. The molecule has 2 N–H and O–H groups in total. The van der Waals surface area contributed by atoms with E-state index in [0.717, 1.165) is 85.4 Å². The molecular formula is C36H47FN4O2. The molecule has 1 saturated carbocycles. The minimum Gasteiger partial charge on any atom is -0.355 e. The number of rotatable bonds is 13. The quantitative estimate of drug-likeness (QED) is 0.182. The van der Waals surface area contributed by atoms with Crippen LogP contribution in [0.2, 0.25) is 0 Å². The molecular weight excluding hydrogens is 539 g/mol. The maximum atomic E-state index is 14.4. The molecule has 2 aromatic rings. The Morgan fingerprint density at radius 1 is 1.14 bits per heavy atom. The number of pyridine rings is 1. The second-order valence-electron chi connectivity index (χ2n) is 12.1. The SMILES string of the molecule is C=C(/C=C(N=CCC)\C(C)=C(/C)Nc1c[nH]c(=O)cc1F)c1ccc2c(c1)N(C1CC(CC)C1)C(=O)C2(CCC)CCC. The maximum absolute atomic E-state index is 14.4. The average molecular weight is 587 g/mol. The third-order valence-corrected chi connectivity index (χ3v) is 9.15. The monoisotopic (exact) mass is 586 g/mol. The summed E-state index contributed by atoms with van der Waals surface area (Å²) in [5.41, 5.74) is 5.37. The number of aromatic amines is 1. The fraction of sp³-hybridized carbons (Fsp3) is 0.472. The summed E-state index contributed by atoms with van der Waals surface area (Å²) in [4.78, 5) is 35.0. The molecule has 1 aliphatic heterocycles. The molecule has 230 valence electrons. The van der Waals surface area contributed by atoms with Crippen molar-refractivity contribution in [2.24, 2.45) is 10.9 Å². The summed E-state index contributed by atoms with van der Waals surface area (Å²) >= 11 is 0. The summed E-state index contributed by atoms with van der Waals surface area (Å²) in [5.74, 6) is 0.330. The van der Waals surface area contributed by atoms with Crippen molar-refractivity contribution < 1.29 is 9.18 Å². The number of aliphatic imine (C=N–C) groups is 1. The fourth-order valence-electron chi connectivity index (χ4n) is 6.57. The molecule has 2 heterocycles. The largest absolute Gasteiger partial charge is 0.355 e. The van der Waals surface area contributed by atoms with Gasteiger partial charge in [-0.3, -0.25) is 14.6 Å². The van der Waals surface area contributed by atoms with Crippen molar-refractivity contribution >= 4 is 29.1 Å². The highest BCUT2D eigenvalue weighted by atomic mass is 19.1. The molecule has 0 atom stereocenters. The number of amides is 1. The third-order valence-electron chi connectivity index (χ3n) is 9.15. The van der Waals surface area contributed by atoms with Gasteiger partial charge in [0.1, 0.15) is 0 Å². The van der Waals surface area contributed by atoms with E-state index in [9.17, 15) is 14.0 Å². The summed E-state index contributed by atoms with van der Waals surface area (Å²) in [6.45, 7) is 16.8. The number of nitrogens with one attached hydrogen (secondary N) is 2. The van der Waals surface area contributed by atoms with Gasteiger partial charge in [-0.05, 0) is 86.3 Å². The number of carbonyl (C=O) groups excluding carboxylic acids is 1. The lowest BCUT2D eigenvalue weighted by Crippen LogP contribution is -2.50. The number of halogens is 1. The summed E-state index contributed by atoms with van der Waals surface area (Å²) < 4.78 is 14.4. The molecule has 43 heavy (non-hydrogen) atoms. The van der Waals surface area contributed by atoms with Crippen molar-refractivity contribution in [2.45, 2.75) is 104 Å². The molecule has 0 radical (unpaired) electrons. The Bertz CT molecular complexity index is 1500. The van der Waals surface area contributed by atoms with E-state index in [4.69, 9.17) is 4.99 Å². The molecule has 0 bridgehead atoms. The van der Waals surface area contributed by atoms with E-state index in [-0.39, 0.29) is 17.6 Å². The van der Waals surface area contributed by atoms with Crippen LogP contribution in [0.3, 0.4) is 0 Å². The van der Waals surface area contributed by atoms with Gasteiger partial charge >= 0.3 is 0 Å². The number of H-pyrrole nitrogens is 1. The molecule has 4 rings (SSSR count).